The highest BCUT2D eigenvalue weighted by Crippen LogP contribution is 2.32. The molecule has 0 radical (unpaired) electrons. The number of nitrogens with zero attached hydrogens (tertiary/aromatic N) is 3. The summed E-state index contributed by atoms with van der Waals surface area (Å²) in [5.41, 5.74) is 4.64. The Hall–Kier alpha value is -2.84. The molecule has 0 saturated carbocycles. The van der Waals surface area contributed by atoms with Crippen molar-refractivity contribution < 1.29 is 18.4 Å². The third-order valence-electron chi connectivity index (χ3n) is 2.05. The van der Waals surface area contributed by atoms with Crippen molar-refractivity contribution >= 4 is 11.5 Å². The number of nitrogens with two attached hydrogens (primary N) is 1. The number of anilines is 1. The van der Waals surface area contributed by atoms with E-state index in [4.69, 9.17) is 10.5 Å². The molecule has 0 aliphatic carbocycles. The van der Waals surface area contributed by atoms with Crippen molar-refractivity contribution in [1.82, 2.24) is 9.97 Å². The van der Waals surface area contributed by atoms with Crippen LogP contribution < -0.4 is 10.5 Å². The van der Waals surface area contributed by atoms with Crippen LogP contribution in [0.1, 0.15) is 0 Å². The molecule has 9 heteroatoms. The average Bonchev–Trinajstić information content (AvgIpc) is 2.26. The molecule has 0 atom stereocenters. The monoisotopic (exact) mass is 268 g/mol. The van der Waals surface area contributed by atoms with Crippen LogP contribution in [0.5, 0.6) is 11.6 Å². The van der Waals surface area contributed by atoms with Gasteiger partial charge in [0.15, 0.2) is 0 Å². The van der Waals surface area contributed by atoms with Crippen LogP contribution in [-0.4, -0.2) is 14.9 Å². The second-order valence-corrected chi connectivity index (χ2v) is 3.38. The summed E-state index contributed by atoms with van der Waals surface area (Å²) in [5.74, 6) is -2.97. The van der Waals surface area contributed by atoms with E-state index in [-0.39, 0.29) is 5.75 Å². The van der Waals surface area contributed by atoms with Crippen LogP contribution in [0.4, 0.5) is 20.3 Å². The lowest BCUT2D eigenvalue weighted by Gasteiger charge is -2.06. The topological polar surface area (TPSA) is 104 Å². The fraction of sp³-hybridized carbons (Fsp3) is 0. The van der Waals surface area contributed by atoms with Crippen molar-refractivity contribution in [2.75, 3.05) is 5.73 Å². The summed E-state index contributed by atoms with van der Waals surface area (Å²) in [6, 6.07) is 2.34. The first-order chi connectivity index (χ1) is 8.97. The van der Waals surface area contributed by atoms with Crippen molar-refractivity contribution in [3.63, 3.8) is 0 Å². The maximum Gasteiger partial charge on any atom is 0.372 e. The number of halogens is 2. The van der Waals surface area contributed by atoms with Crippen molar-refractivity contribution in [3.8, 4) is 11.6 Å². The van der Waals surface area contributed by atoms with Crippen molar-refractivity contribution in [3.05, 3.63) is 46.3 Å². The van der Waals surface area contributed by atoms with Crippen LogP contribution in [0, 0.1) is 21.7 Å². The zero-order valence-corrected chi connectivity index (χ0v) is 9.21. The van der Waals surface area contributed by atoms with E-state index < -0.39 is 33.9 Å². The van der Waals surface area contributed by atoms with Gasteiger partial charge in [-0.25, -0.2) is 13.8 Å². The Bertz CT molecular complexity index is 630. The Kier molecular flexibility index (Phi) is 3.19. The minimum atomic E-state index is -0.889. The zero-order chi connectivity index (χ0) is 14.0. The number of aromatic nitrogens is 2. The van der Waals surface area contributed by atoms with Gasteiger partial charge in [-0.2, -0.15) is 4.98 Å². The Labute approximate surface area is 104 Å². The fourth-order valence-electron chi connectivity index (χ4n) is 1.32. The Morgan fingerprint density at radius 1 is 1.21 bits per heavy atom. The first-order valence-corrected chi connectivity index (χ1v) is 4.86. The van der Waals surface area contributed by atoms with E-state index in [1.807, 2.05) is 0 Å². The van der Waals surface area contributed by atoms with Gasteiger partial charge in [0, 0.05) is 18.2 Å². The predicted molar refractivity (Wildman–Crippen MR) is 59.5 cm³/mol. The molecule has 2 N–H and O–H groups in total. The lowest BCUT2D eigenvalue weighted by Crippen LogP contribution is -2.02. The van der Waals surface area contributed by atoms with Gasteiger partial charge in [0.25, 0.3) is 0 Å². The van der Waals surface area contributed by atoms with Gasteiger partial charge in [0.05, 0.1) is 4.92 Å². The molecule has 0 aliphatic heterocycles. The molecular weight excluding hydrogens is 262 g/mol. The van der Waals surface area contributed by atoms with Gasteiger partial charge in [0.1, 0.15) is 23.7 Å². The van der Waals surface area contributed by atoms with E-state index in [9.17, 15) is 18.9 Å². The highest BCUT2D eigenvalue weighted by Gasteiger charge is 2.23. The molecule has 2 rings (SSSR count). The number of nitro groups is 1. The number of ether oxygens (including phenoxy) is 1. The highest BCUT2D eigenvalue weighted by molar-refractivity contribution is 5.58. The predicted octanol–water partition coefficient (Wildman–Crippen LogP) is 2.04. The molecule has 0 saturated heterocycles. The first-order valence-electron chi connectivity index (χ1n) is 4.86. The molecule has 1 aromatic heterocycles. The van der Waals surface area contributed by atoms with Gasteiger partial charge in [-0.1, -0.05) is 0 Å². The van der Waals surface area contributed by atoms with Crippen LogP contribution in [0.2, 0.25) is 0 Å². The normalized spacial score (nSPS) is 10.2. The minimum Gasteiger partial charge on any atom is -0.433 e. The number of rotatable bonds is 3. The molecule has 0 aliphatic rings. The zero-order valence-electron chi connectivity index (χ0n) is 9.21. The molecule has 0 unspecified atom stereocenters. The summed E-state index contributed by atoms with van der Waals surface area (Å²) in [6.07, 6.45) is 0.938. The van der Waals surface area contributed by atoms with Gasteiger partial charge in [-0.3, -0.25) is 10.1 Å². The van der Waals surface area contributed by atoms with Crippen LogP contribution >= 0.6 is 0 Å². The van der Waals surface area contributed by atoms with Gasteiger partial charge in [-0.15, -0.1) is 0 Å². The van der Waals surface area contributed by atoms with Crippen molar-refractivity contribution in [2.45, 2.75) is 0 Å². The first kappa shape index (κ1) is 12.6. The summed E-state index contributed by atoms with van der Waals surface area (Å²) >= 11 is 0. The molecule has 2 aromatic rings. The van der Waals surface area contributed by atoms with Crippen molar-refractivity contribution in [2.24, 2.45) is 0 Å². The maximum atomic E-state index is 13.0. The molecule has 7 nitrogen and oxygen atoms in total. The van der Waals surface area contributed by atoms with Crippen LogP contribution in [-0.2, 0) is 0 Å². The average molecular weight is 268 g/mol. The molecular formula is C10H6F2N4O3. The molecule has 0 amide bonds. The van der Waals surface area contributed by atoms with E-state index in [1.165, 1.54) is 0 Å². The highest BCUT2D eigenvalue weighted by atomic mass is 19.1. The van der Waals surface area contributed by atoms with Gasteiger partial charge in [-0.05, 0) is 0 Å². The third kappa shape index (κ3) is 2.70. The summed E-state index contributed by atoms with van der Waals surface area (Å²) in [5, 5.41) is 10.8. The quantitative estimate of drug-likeness (QED) is 0.674. The lowest BCUT2D eigenvalue weighted by molar-refractivity contribution is -0.385. The molecule has 0 bridgehead atoms. The van der Waals surface area contributed by atoms with Gasteiger partial charge < -0.3 is 10.5 Å². The molecule has 19 heavy (non-hydrogen) atoms. The second kappa shape index (κ2) is 4.80. The molecule has 0 spiro atoms. The van der Waals surface area contributed by atoms with Crippen molar-refractivity contribution in [1.29, 1.82) is 0 Å². The van der Waals surface area contributed by atoms with E-state index in [0.717, 1.165) is 18.5 Å². The largest absolute Gasteiger partial charge is 0.433 e. The molecule has 0 fully saturated rings. The fourth-order valence-corrected chi connectivity index (χ4v) is 1.32. The van der Waals surface area contributed by atoms with Gasteiger partial charge >= 0.3 is 11.6 Å². The van der Waals surface area contributed by atoms with E-state index in [1.54, 1.807) is 0 Å². The summed E-state index contributed by atoms with van der Waals surface area (Å²) < 4.78 is 30.9. The Balaban J connectivity index is 2.43. The van der Waals surface area contributed by atoms with E-state index >= 15 is 0 Å². The lowest BCUT2D eigenvalue weighted by atomic mass is 10.3. The number of hydrogen-bond donors (Lipinski definition) is 1. The summed E-state index contributed by atoms with van der Waals surface area (Å²) in [6.45, 7) is 0. The molecule has 1 heterocycles. The third-order valence-corrected chi connectivity index (χ3v) is 2.05. The SMILES string of the molecule is Nc1ncnc(Oc2cc(F)cc(F)c2)c1[N+](=O)[O-]. The van der Waals surface area contributed by atoms with Gasteiger partial charge in [0.2, 0.25) is 5.82 Å². The Morgan fingerprint density at radius 3 is 2.42 bits per heavy atom. The maximum absolute atomic E-state index is 13.0. The minimum absolute atomic E-state index is 0.279. The molecule has 98 valence electrons. The standard InChI is InChI=1S/C10H6F2N4O3/c11-5-1-6(12)3-7(2-5)19-10-8(16(17)18)9(13)14-4-15-10/h1-4H,(H2,13,14,15). The van der Waals surface area contributed by atoms with Crippen LogP contribution in [0.25, 0.3) is 0 Å². The van der Waals surface area contributed by atoms with Crippen LogP contribution in [0.3, 0.4) is 0 Å². The number of hydrogen-bond acceptors (Lipinski definition) is 6. The summed E-state index contributed by atoms with van der Waals surface area (Å²) in [7, 11) is 0. The molecule has 1 aromatic carbocycles. The van der Waals surface area contributed by atoms with Crippen LogP contribution in [0.15, 0.2) is 24.5 Å². The second-order valence-electron chi connectivity index (χ2n) is 3.38. The Morgan fingerprint density at radius 2 is 1.84 bits per heavy atom. The number of nitrogen functional groups attached to an aromatic ring is 1. The van der Waals surface area contributed by atoms with E-state index in [2.05, 4.69) is 9.97 Å². The van der Waals surface area contributed by atoms with E-state index in [0.29, 0.717) is 6.07 Å². The number of benzene rings is 1. The smallest absolute Gasteiger partial charge is 0.372 e. The summed E-state index contributed by atoms with van der Waals surface area (Å²) in [4.78, 5) is 16.9.